The van der Waals surface area contributed by atoms with Gasteiger partial charge in [0.2, 0.25) is 0 Å². The van der Waals surface area contributed by atoms with E-state index in [1.807, 2.05) is 12.1 Å². The van der Waals surface area contributed by atoms with Crippen LogP contribution in [0.3, 0.4) is 0 Å². The number of hydrogen-bond donors (Lipinski definition) is 1. The Bertz CT molecular complexity index is 395. The molecule has 0 saturated carbocycles. The third-order valence-corrected chi connectivity index (χ3v) is 2.26. The van der Waals surface area contributed by atoms with Gasteiger partial charge in [-0.1, -0.05) is 0 Å². The molecule has 82 valence electrons. The predicted octanol–water partition coefficient (Wildman–Crippen LogP) is 0.886. The van der Waals surface area contributed by atoms with E-state index in [0.29, 0.717) is 12.0 Å². The molecule has 0 spiro atoms. The second-order valence-corrected chi connectivity index (χ2v) is 3.50. The van der Waals surface area contributed by atoms with Gasteiger partial charge in [0, 0.05) is 0 Å². The summed E-state index contributed by atoms with van der Waals surface area (Å²) in [5, 5.41) is 8.44. The molecule has 0 aromatic heterocycles. The van der Waals surface area contributed by atoms with E-state index in [1.54, 1.807) is 19.1 Å². The SMILES string of the molecule is C=Bc1ccc(C(=O)CCCC(=O)O)cc1. The molecule has 0 bridgehead atoms. The third kappa shape index (κ3) is 3.81. The first-order valence-corrected chi connectivity index (χ1v) is 5.11. The minimum absolute atomic E-state index is 0.0168. The molecule has 0 radical (unpaired) electrons. The summed E-state index contributed by atoms with van der Waals surface area (Å²) in [7, 11) is 0. The van der Waals surface area contributed by atoms with E-state index in [-0.39, 0.29) is 18.6 Å². The van der Waals surface area contributed by atoms with Gasteiger partial charge in [0.05, 0.1) is 0 Å². The summed E-state index contributed by atoms with van der Waals surface area (Å²) < 4.78 is 0. The van der Waals surface area contributed by atoms with Gasteiger partial charge < -0.3 is 0 Å². The van der Waals surface area contributed by atoms with Crippen LogP contribution in [0.5, 0.6) is 0 Å². The number of Topliss-reactive ketones (excluding diaryl/α,β-unsaturated/α-hetero) is 1. The Hall–Kier alpha value is -1.71. The molecule has 1 aromatic rings. The number of ketones is 1. The van der Waals surface area contributed by atoms with Crippen LogP contribution in [-0.2, 0) is 4.79 Å². The van der Waals surface area contributed by atoms with Crippen molar-refractivity contribution in [3.05, 3.63) is 29.8 Å². The molecule has 1 aromatic carbocycles. The van der Waals surface area contributed by atoms with E-state index in [4.69, 9.17) is 5.11 Å². The van der Waals surface area contributed by atoms with Gasteiger partial charge in [0.25, 0.3) is 0 Å². The summed E-state index contributed by atoms with van der Waals surface area (Å²) in [6.07, 6.45) is 0.702. The minimum atomic E-state index is -0.866. The van der Waals surface area contributed by atoms with Crippen LogP contribution in [0.4, 0.5) is 0 Å². The van der Waals surface area contributed by atoms with Gasteiger partial charge >= 0.3 is 94.4 Å². The molecule has 0 atom stereocenters. The van der Waals surface area contributed by atoms with Crippen LogP contribution in [0.25, 0.3) is 0 Å². The Morgan fingerprint density at radius 3 is 2.31 bits per heavy atom. The standard InChI is InChI=1S/C12H13BO3/c1-13-10-7-5-9(6-8-10)11(14)3-2-4-12(15)16/h5-8H,1-4H2,(H,15,16). The fourth-order valence-electron chi connectivity index (χ4n) is 1.35. The number of aliphatic carboxylic acids is 1. The van der Waals surface area contributed by atoms with Gasteiger partial charge in [-0.25, -0.2) is 0 Å². The zero-order chi connectivity index (χ0) is 12.0. The molecule has 0 aliphatic rings. The molecule has 0 amide bonds. The van der Waals surface area contributed by atoms with Gasteiger partial charge in [0.15, 0.2) is 0 Å². The zero-order valence-corrected chi connectivity index (χ0v) is 8.98. The molecule has 16 heavy (non-hydrogen) atoms. The van der Waals surface area contributed by atoms with Gasteiger partial charge in [0.1, 0.15) is 0 Å². The molecule has 1 rings (SSSR count). The normalized spacial score (nSPS) is 9.50. The summed E-state index contributed by atoms with van der Waals surface area (Å²) in [4.78, 5) is 21.9. The first-order chi connectivity index (χ1) is 7.63. The average Bonchev–Trinajstić information content (AvgIpc) is 2.28. The van der Waals surface area contributed by atoms with Crippen LogP contribution < -0.4 is 5.46 Å². The quantitative estimate of drug-likeness (QED) is 0.567. The second kappa shape index (κ2) is 6.00. The zero-order valence-electron chi connectivity index (χ0n) is 8.98. The topological polar surface area (TPSA) is 54.4 Å². The summed E-state index contributed by atoms with van der Waals surface area (Å²) in [6.45, 7) is 5.33. The van der Waals surface area contributed by atoms with Crippen LogP contribution in [0.1, 0.15) is 29.6 Å². The molecule has 4 heteroatoms. The van der Waals surface area contributed by atoms with E-state index in [9.17, 15) is 9.59 Å². The van der Waals surface area contributed by atoms with Crippen molar-refractivity contribution < 1.29 is 14.7 Å². The Labute approximate surface area is 95.0 Å². The van der Waals surface area contributed by atoms with Crippen LogP contribution >= 0.6 is 0 Å². The molecule has 0 fully saturated rings. The molecule has 0 aliphatic carbocycles. The Morgan fingerprint density at radius 1 is 1.19 bits per heavy atom. The van der Waals surface area contributed by atoms with Gasteiger partial charge in [-0.05, 0) is 0 Å². The number of hydrogen-bond acceptors (Lipinski definition) is 2. The predicted molar refractivity (Wildman–Crippen MR) is 64.8 cm³/mol. The van der Waals surface area contributed by atoms with Gasteiger partial charge in [-0.3, -0.25) is 0 Å². The number of benzene rings is 1. The molecular formula is C12H13BO3. The van der Waals surface area contributed by atoms with Crippen molar-refractivity contribution in [2.45, 2.75) is 19.3 Å². The van der Waals surface area contributed by atoms with E-state index in [0.717, 1.165) is 5.46 Å². The van der Waals surface area contributed by atoms with Crippen molar-refractivity contribution in [1.82, 2.24) is 0 Å². The maximum atomic E-state index is 11.6. The second-order valence-electron chi connectivity index (χ2n) is 3.50. The number of carbonyl (C=O) groups is 2. The monoisotopic (exact) mass is 216 g/mol. The van der Waals surface area contributed by atoms with Crippen molar-refractivity contribution in [2.75, 3.05) is 0 Å². The molecule has 0 heterocycles. The molecule has 0 aliphatic heterocycles. The summed E-state index contributed by atoms with van der Waals surface area (Å²) in [5.41, 5.74) is 1.58. The van der Waals surface area contributed by atoms with Crippen molar-refractivity contribution in [1.29, 1.82) is 0 Å². The van der Waals surface area contributed by atoms with E-state index >= 15 is 0 Å². The number of carbonyl (C=O) groups excluding carboxylic acids is 1. The first-order valence-electron chi connectivity index (χ1n) is 5.11. The summed E-state index contributed by atoms with van der Waals surface area (Å²) in [6, 6.07) is 7.11. The summed E-state index contributed by atoms with van der Waals surface area (Å²) >= 11 is 0. The van der Waals surface area contributed by atoms with Crippen molar-refractivity contribution in [2.24, 2.45) is 0 Å². The van der Waals surface area contributed by atoms with Crippen LogP contribution in [0.2, 0.25) is 0 Å². The summed E-state index contributed by atoms with van der Waals surface area (Å²) in [5.74, 6) is -0.883. The van der Waals surface area contributed by atoms with E-state index in [1.165, 1.54) is 0 Å². The number of carboxylic acid groups (broad SMARTS) is 1. The first kappa shape index (κ1) is 12.4. The maximum absolute atomic E-state index is 11.6. The van der Waals surface area contributed by atoms with Gasteiger partial charge in [-0.15, -0.1) is 0 Å². The van der Waals surface area contributed by atoms with Crippen LogP contribution in [0, 0.1) is 0 Å². The molecule has 0 saturated heterocycles. The molecular weight excluding hydrogens is 203 g/mol. The fourth-order valence-corrected chi connectivity index (χ4v) is 1.35. The van der Waals surface area contributed by atoms with E-state index < -0.39 is 5.97 Å². The molecule has 1 N–H and O–H groups in total. The molecule has 0 unspecified atom stereocenters. The number of carboxylic acids is 1. The Kier molecular flexibility index (Phi) is 4.64. The average molecular weight is 216 g/mol. The van der Waals surface area contributed by atoms with Crippen molar-refractivity contribution in [3.63, 3.8) is 0 Å². The van der Waals surface area contributed by atoms with Crippen molar-refractivity contribution in [3.8, 4) is 0 Å². The molecule has 3 nitrogen and oxygen atoms in total. The Morgan fingerprint density at radius 2 is 1.81 bits per heavy atom. The van der Waals surface area contributed by atoms with Crippen molar-refractivity contribution >= 4 is 30.6 Å². The number of rotatable bonds is 6. The van der Waals surface area contributed by atoms with Gasteiger partial charge in [-0.2, -0.15) is 0 Å². The van der Waals surface area contributed by atoms with E-state index in [2.05, 4.69) is 6.47 Å². The fraction of sp³-hybridized carbons (Fsp3) is 0.250. The van der Waals surface area contributed by atoms with Crippen LogP contribution in [-0.4, -0.2) is 30.2 Å². The van der Waals surface area contributed by atoms with Crippen LogP contribution in [0.15, 0.2) is 24.3 Å². The third-order valence-electron chi connectivity index (χ3n) is 2.26. The Balaban J connectivity index is 2.52.